The molecule has 1 heterocycles. The zero-order valence-corrected chi connectivity index (χ0v) is 11.5. The number of ether oxygens (including phenoxy) is 1. The Bertz CT molecular complexity index is 585. The molecule has 1 aliphatic rings. The molecule has 2 atom stereocenters. The highest BCUT2D eigenvalue weighted by atomic mass is 19.1. The van der Waals surface area contributed by atoms with Crippen molar-refractivity contribution in [2.24, 2.45) is 0 Å². The minimum Gasteiger partial charge on any atom is -0.478 e. The van der Waals surface area contributed by atoms with Gasteiger partial charge in [0.25, 0.3) is 5.91 Å². The molecule has 112 valence electrons. The van der Waals surface area contributed by atoms with Gasteiger partial charge in [0.05, 0.1) is 6.10 Å². The Kier molecular flexibility index (Phi) is 4.70. The number of hydrogen-bond donors (Lipinski definition) is 2. The van der Waals surface area contributed by atoms with Crippen molar-refractivity contribution in [3.05, 3.63) is 35.7 Å². The summed E-state index contributed by atoms with van der Waals surface area (Å²) in [6, 6.07) is 3.98. The summed E-state index contributed by atoms with van der Waals surface area (Å²) in [5.41, 5.74) is 0.491. The molecular formula is C15H16FNO4. The third kappa shape index (κ3) is 4.13. The second kappa shape index (κ2) is 6.49. The van der Waals surface area contributed by atoms with Gasteiger partial charge in [-0.1, -0.05) is 0 Å². The topological polar surface area (TPSA) is 75.6 Å². The molecule has 0 saturated carbocycles. The Morgan fingerprint density at radius 1 is 1.43 bits per heavy atom. The summed E-state index contributed by atoms with van der Waals surface area (Å²) in [6.45, 7) is 1.90. The lowest BCUT2D eigenvalue weighted by Gasteiger charge is -2.12. The van der Waals surface area contributed by atoms with Crippen LogP contribution in [-0.2, 0) is 14.3 Å². The first-order valence-electron chi connectivity index (χ1n) is 6.62. The second-order valence-corrected chi connectivity index (χ2v) is 4.91. The molecule has 5 nitrogen and oxygen atoms in total. The normalized spacial score (nSPS) is 21.6. The lowest BCUT2D eigenvalue weighted by Crippen LogP contribution is -2.27. The van der Waals surface area contributed by atoms with Crippen molar-refractivity contribution >= 4 is 23.6 Å². The van der Waals surface area contributed by atoms with Gasteiger partial charge >= 0.3 is 5.97 Å². The predicted molar refractivity (Wildman–Crippen MR) is 75.3 cm³/mol. The van der Waals surface area contributed by atoms with Gasteiger partial charge in [0.15, 0.2) is 0 Å². The van der Waals surface area contributed by atoms with E-state index in [0.29, 0.717) is 12.1 Å². The molecule has 1 aromatic carbocycles. The van der Waals surface area contributed by atoms with Crippen LogP contribution >= 0.6 is 0 Å². The second-order valence-electron chi connectivity index (χ2n) is 4.91. The highest BCUT2D eigenvalue weighted by Gasteiger charge is 2.28. The van der Waals surface area contributed by atoms with Gasteiger partial charge < -0.3 is 15.2 Å². The summed E-state index contributed by atoms with van der Waals surface area (Å²) in [5.74, 6) is -2.01. The number of carbonyl (C=O) groups is 2. The van der Waals surface area contributed by atoms with Crippen molar-refractivity contribution in [1.82, 2.24) is 0 Å². The summed E-state index contributed by atoms with van der Waals surface area (Å²) in [6.07, 6.45) is 3.02. The van der Waals surface area contributed by atoms with Gasteiger partial charge in [0.1, 0.15) is 11.9 Å². The molecule has 2 N–H and O–H groups in total. The molecule has 6 heteroatoms. The third-order valence-electron chi connectivity index (χ3n) is 3.19. The van der Waals surface area contributed by atoms with Crippen LogP contribution < -0.4 is 5.32 Å². The number of hydrogen-bond acceptors (Lipinski definition) is 3. The first-order chi connectivity index (χ1) is 9.95. The molecule has 0 spiro atoms. The minimum atomic E-state index is -1.17. The fraction of sp³-hybridized carbons (Fsp3) is 0.333. The smallest absolute Gasteiger partial charge is 0.328 e. The molecule has 1 fully saturated rings. The number of anilines is 1. The molecule has 0 aromatic heterocycles. The van der Waals surface area contributed by atoms with Crippen LogP contribution in [0.2, 0.25) is 0 Å². The van der Waals surface area contributed by atoms with Crippen molar-refractivity contribution in [2.75, 3.05) is 5.32 Å². The Morgan fingerprint density at radius 2 is 2.19 bits per heavy atom. The Labute approximate surface area is 121 Å². The summed E-state index contributed by atoms with van der Waals surface area (Å²) >= 11 is 0. The van der Waals surface area contributed by atoms with Crippen LogP contribution in [0, 0.1) is 5.82 Å². The van der Waals surface area contributed by atoms with Gasteiger partial charge in [-0.2, -0.15) is 0 Å². The Hall–Kier alpha value is -2.21. The maximum absolute atomic E-state index is 13.5. The molecular weight excluding hydrogens is 277 g/mol. The number of rotatable bonds is 4. The molecule has 0 aliphatic carbocycles. The predicted octanol–water partition coefficient (Wildman–Crippen LogP) is 2.43. The van der Waals surface area contributed by atoms with Gasteiger partial charge in [-0.25, -0.2) is 9.18 Å². The average molecular weight is 293 g/mol. The van der Waals surface area contributed by atoms with Crippen LogP contribution in [0.5, 0.6) is 0 Å². The van der Waals surface area contributed by atoms with Gasteiger partial charge in [-0.15, -0.1) is 0 Å². The molecule has 2 rings (SSSR count). The zero-order valence-electron chi connectivity index (χ0n) is 11.5. The van der Waals surface area contributed by atoms with E-state index in [1.54, 1.807) is 0 Å². The summed E-state index contributed by atoms with van der Waals surface area (Å²) in [4.78, 5) is 22.4. The van der Waals surface area contributed by atoms with Crippen molar-refractivity contribution in [3.63, 3.8) is 0 Å². The van der Waals surface area contributed by atoms with Gasteiger partial charge in [-0.3, -0.25) is 4.79 Å². The molecule has 1 aromatic rings. The number of amides is 1. The third-order valence-corrected chi connectivity index (χ3v) is 3.19. The van der Waals surface area contributed by atoms with E-state index < -0.39 is 17.9 Å². The monoisotopic (exact) mass is 293 g/mol. The fourth-order valence-electron chi connectivity index (χ4n) is 2.13. The molecule has 0 radical (unpaired) electrons. The maximum Gasteiger partial charge on any atom is 0.328 e. The van der Waals surface area contributed by atoms with E-state index in [0.717, 1.165) is 18.6 Å². The largest absolute Gasteiger partial charge is 0.478 e. The van der Waals surface area contributed by atoms with Crippen molar-refractivity contribution < 1.29 is 23.8 Å². The van der Waals surface area contributed by atoms with Crippen LogP contribution in [0.3, 0.4) is 0 Å². The molecule has 1 amide bonds. The van der Waals surface area contributed by atoms with E-state index in [-0.39, 0.29) is 17.6 Å². The number of carboxylic acids is 1. The number of carbonyl (C=O) groups excluding carboxylic acids is 1. The van der Waals surface area contributed by atoms with E-state index in [1.165, 1.54) is 18.2 Å². The SMILES string of the molecule is CC1CCC(C(=O)Nc2ccc(F)c(/C=C/C(=O)O)c2)O1. The molecule has 21 heavy (non-hydrogen) atoms. The van der Waals surface area contributed by atoms with Gasteiger partial charge in [0.2, 0.25) is 0 Å². The lowest BCUT2D eigenvalue weighted by atomic mass is 10.1. The van der Waals surface area contributed by atoms with Crippen molar-refractivity contribution in [2.45, 2.75) is 32.0 Å². The molecule has 0 bridgehead atoms. The first-order valence-corrected chi connectivity index (χ1v) is 6.62. The standard InChI is InChI=1S/C15H16FNO4/c1-9-2-6-13(21-9)15(20)17-11-4-5-12(16)10(8-11)3-7-14(18)19/h3-5,7-9,13H,2,6H2,1H3,(H,17,20)(H,18,19)/b7-3+. The number of halogens is 1. The molecule has 2 unspecified atom stereocenters. The quantitative estimate of drug-likeness (QED) is 0.836. The van der Waals surface area contributed by atoms with E-state index in [9.17, 15) is 14.0 Å². The van der Waals surface area contributed by atoms with Crippen molar-refractivity contribution in [3.8, 4) is 0 Å². The van der Waals surface area contributed by atoms with Crippen LogP contribution in [0.1, 0.15) is 25.3 Å². The van der Waals surface area contributed by atoms with Gasteiger partial charge in [0, 0.05) is 17.3 Å². The minimum absolute atomic E-state index is 0.0584. The number of benzene rings is 1. The average Bonchev–Trinajstić information content (AvgIpc) is 2.86. The van der Waals surface area contributed by atoms with E-state index in [1.807, 2.05) is 6.92 Å². The highest BCUT2D eigenvalue weighted by molar-refractivity contribution is 5.94. The van der Waals surface area contributed by atoms with Crippen LogP contribution in [0.25, 0.3) is 6.08 Å². The van der Waals surface area contributed by atoms with E-state index in [2.05, 4.69) is 5.32 Å². The van der Waals surface area contributed by atoms with Crippen LogP contribution in [0.15, 0.2) is 24.3 Å². The number of aliphatic carboxylic acids is 1. The van der Waals surface area contributed by atoms with Crippen molar-refractivity contribution in [1.29, 1.82) is 0 Å². The van der Waals surface area contributed by atoms with E-state index >= 15 is 0 Å². The fourth-order valence-corrected chi connectivity index (χ4v) is 2.13. The highest BCUT2D eigenvalue weighted by Crippen LogP contribution is 2.22. The molecule has 1 aliphatic heterocycles. The van der Waals surface area contributed by atoms with Crippen LogP contribution in [0.4, 0.5) is 10.1 Å². The summed E-state index contributed by atoms with van der Waals surface area (Å²) in [7, 11) is 0. The zero-order chi connectivity index (χ0) is 15.4. The Balaban J connectivity index is 2.08. The Morgan fingerprint density at radius 3 is 2.81 bits per heavy atom. The van der Waals surface area contributed by atoms with E-state index in [4.69, 9.17) is 9.84 Å². The lowest BCUT2D eigenvalue weighted by molar-refractivity contribution is -0.131. The molecule has 1 saturated heterocycles. The first kappa shape index (κ1) is 15.2. The number of carboxylic acid groups (broad SMARTS) is 1. The maximum atomic E-state index is 13.5. The summed E-state index contributed by atoms with van der Waals surface area (Å²) < 4.78 is 19.0. The number of nitrogens with one attached hydrogen (secondary N) is 1. The van der Waals surface area contributed by atoms with Crippen LogP contribution in [-0.4, -0.2) is 29.2 Å². The summed E-state index contributed by atoms with van der Waals surface area (Å²) in [5, 5.41) is 11.2. The van der Waals surface area contributed by atoms with Gasteiger partial charge in [-0.05, 0) is 44.0 Å².